The molecule has 0 spiro atoms. The average Bonchev–Trinajstić information content (AvgIpc) is 3.15. The fraction of sp³-hybridized carbons (Fsp3) is 1.00. The number of aliphatic hydroxyl groups is 1. The van der Waals surface area contributed by atoms with Crippen molar-refractivity contribution in [2.75, 3.05) is 19.6 Å². The molecule has 0 radical (unpaired) electrons. The lowest BCUT2D eigenvalue weighted by atomic mass is 9.47. The Kier molecular flexibility index (Phi) is 13.6. The highest BCUT2D eigenvalue weighted by molar-refractivity contribution is 6.15. The van der Waals surface area contributed by atoms with Gasteiger partial charge >= 0.3 is 0 Å². The topological polar surface area (TPSA) is 29.5 Å². The molecule has 0 bridgehead atoms. The maximum atomic E-state index is 8.91. The minimum absolute atomic E-state index is 0.335. The van der Waals surface area contributed by atoms with Crippen molar-refractivity contribution in [2.24, 2.45) is 34.5 Å². The van der Waals surface area contributed by atoms with Crippen LogP contribution in [0.3, 0.4) is 0 Å². The third-order valence-electron chi connectivity index (χ3n) is 9.60. The quantitative estimate of drug-likeness (QED) is 0.277. The van der Waals surface area contributed by atoms with Crippen molar-refractivity contribution in [3.63, 3.8) is 0 Å². The van der Waals surface area contributed by atoms with Crippen LogP contribution in [0.25, 0.3) is 0 Å². The predicted molar refractivity (Wildman–Crippen MR) is 137 cm³/mol. The van der Waals surface area contributed by atoms with E-state index in [1.807, 2.05) is 13.8 Å². The highest BCUT2D eigenvalue weighted by Gasteiger charge is 2.59. The van der Waals surface area contributed by atoms with Crippen molar-refractivity contribution in [3.8, 4) is 0 Å². The minimum Gasteiger partial charge on any atom is -0.396 e. The van der Waals surface area contributed by atoms with Gasteiger partial charge in [0.15, 0.2) is 0 Å². The van der Waals surface area contributed by atoms with Gasteiger partial charge in [-0.2, -0.15) is 0 Å². The molecule has 3 aliphatic rings. The maximum absolute atomic E-state index is 8.91. The van der Waals surface area contributed by atoms with Crippen molar-refractivity contribution >= 4 is 11.6 Å². The molecule has 3 rings (SSSR count). The van der Waals surface area contributed by atoms with E-state index in [1.54, 1.807) is 0 Å². The van der Waals surface area contributed by atoms with Gasteiger partial charge in [0.05, 0.1) is 6.10 Å². The van der Waals surface area contributed by atoms with E-state index in [1.165, 1.54) is 64.2 Å². The monoisotopic (exact) mass is 458 g/mol. The van der Waals surface area contributed by atoms with Gasteiger partial charge in [-0.15, -0.1) is 11.6 Å². The Labute approximate surface area is 200 Å². The summed E-state index contributed by atoms with van der Waals surface area (Å²) in [5, 5.41) is 8.91. The summed E-state index contributed by atoms with van der Waals surface area (Å²) < 4.78 is 6.49. The van der Waals surface area contributed by atoms with Crippen LogP contribution < -0.4 is 0 Å². The summed E-state index contributed by atoms with van der Waals surface area (Å²) in [4.78, 5) is 0. The molecule has 0 aromatic heterocycles. The van der Waals surface area contributed by atoms with E-state index in [-0.39, 0.29) is 0 Å². The van der Waals surface area contributed by atoms with Crippen LogP contribution in [0, 0.1) is 34.5 Å². The number of hydrogen-bond acceptors (Lipinski definition) is 2. The van der Waals surface area contributed by atoms with Gasteiger partial charge in [-0.1, -0.05) is 67.2 Å². The minimum atomic E-state index is 0.335. The Morgan fingerprint density at radius 1 is 0.871 bits per heavy atom. The van der Waals surface area contributed by atoms with Crippen molar-refractivity contribution in [3.05, 3.63) is 0 Å². The lowest BCUT2D eigenvalue weighted by molar-refractivity contribution is -0.122. The second-order valence-corrected chi connectivity index (χ2v) is 10.5. The summed E-state index contributed by atoms with van der Waals surface area (Å²) in [6.07, 6.45) is 17.6. The largest absolute Gasteiger partial charge is 0.396 e. The fourth-order valence-corrected chi connectivity index (χ4v) is 7.77. The van der Waals surface area contributed by atoms with Crippen LogP contribution in [0.1, 0.15) is 119 Å². The molecule has 3 fully saturated rings. The van der Waals surface area contributed by atoms with E-state index >= 15 is 0 Å². The highest BCUT2D eigenvalue weighted by atomic mass is 35.5. The summed E-state index contributed by atoms with van der Waals surface area (Å²) in [7, 11) is 0. The van der Waals surface area contributed by atoms with Crippen molar-refractivity contribution in [2.45, 2.75) is 125 Å². The Bertz CT molecular complexity index is 470. The number of ether oxygens (including phenoxy) is 1. The Hall–Kier alpha value is 0.210. The average molecular weight is 459 g/mol. The van der Waals surface area contributed by atoms with Crippen LogP contribution in [-0.4, -0.2) is 30.8 Å². The fourth-order valence-electron chi connectivity index (χ4n) is 7.77. The number of fused-ring (bicyclic) bond motifs is 3. The van der Waals surface area contributed by atoms with E-state index in [9.17, 15) is 0 Å². The van der Waals surface area contributed by atoms with E-state index in [2.05, 4.69) is 39.3 Å². The zero-order valence-electron chi connectivity index (χ0n) is 22.0. The lowest BCUT2D eigenvalue weighted by Gasteiger charge is -2.59. The molecule has 0 saturated heterocycles. The van der Waals surface area contributed by atoms with Gasteiger partial charge in [0.1, 0.15) is 0 Å². The predicted octanol–water partition coefficient (Wildman–Crippen LogP) is 8.48. The van der Waals surface area contributed by atoms with Crippen LogP contribution in [0.4, 0.5) is 0 Å². The molecule has 0 aromatic carbocycles. The molecule has 0 heterocycles. The molecule has 3 aliphatic carbocycles. The van der Waals surface area contributed by atoms with Gasteiger partial charge < -0.3 is 9.84 Å². The van der Waals surface area contributed by atoms with Crippen LogP contribution in [0.5, 0.6) is 0 Å². The third-order valence-corrected chi connectivity index (χ3v) is 9.60. The van der Waals surface area contributed by atoms with Crippen LogP contribution >= 0.6 is 11.6 Å². The molecule has 2 nitrogen and oxygen atoms in total. The second kappa shape index (κ2) is 14.5. The Balaban J connectivity index is 0.00000113. The Morgan fingerprint density at radius 2 is 1.55 bits per heavy atom. The zero-order valence-corrected chi connectivity index (χ0v) is 22.8. The molecule has 7 atom stereocenters. The van der Waals surface area contributed by atoms with E-state index < -0.39 is 0 Å². The number of unbranched alkanes of at least 4 members (excludes halogenated alkanes) is 3. The summed E-state index contributed by atoms with van der Waals surface area (Å²) in [5.74, 6) is 3.76. The van der Waals surface area contributed by atoms with Gasteiger partial charge in [0.2, 0.25) is 0 Å². The first kappa shape index (κ1) is 29.2. The van der Waals surface area contributed by atoms with Crippen molar-refractivity contribution < 1.29 is 9.84 Å². The summed E-state index contributed by atoms with van der Waals surface area (Å²) in [6, 6.07) is 0. The number of halogens is 1. The smallest absolute Gasteiger partial charge is 0.0631 e. The standard InChI is InChI=1S/C25H46O2.C2H6.CH3Cl/c1-5-19-11-12-20-21-13-14-23(27-18-10-8-7-9-17-26)25(21,4)16-15-22(20)24(19,3)6-2;2*1-2/h19-23,26H,5-18H2,1-4H3;1-2H3;1H3. The first-order valence-corrected chi connectivity index (χ1v) is 14.4. The number of rotatable bonds is 9. The molecular weight excluding hydrogens is 404 g/mol. The third kappa shape index (κ3) is 6.42. The van der Waals surface area contributed by atoms with E-state index in [0.717, 1.165) is 49.5 Å². The number of aliphatic hydroxyl groups excluding tert-OH is 1. The van der Waals surface area contributed by atoms with Crippen LogP contribution in [0.2, 0.25) is 0 Å². The molecule has 3 heteroatoms. The summed E-state index contributed by atoms with van der Waals surface area (Å²) in [6.45, 7) is 15.4. The number of hydrogen-bond donors (Lipinski definition) is 1. The number of alkyl halides is 1. The molecule has 7 unspecified atom stereocenters. The molecule has 186 valence electrons. The summed E-state index contributed by atoms with van der Waals surface area (Å²) in [5.41, 5.74) is 1.00. The van der Waals surface area contributed by atoms with Crippen molar-refractivity contribution in [1.29, 1.82) is 0 Å². The van der Waals surface area contributed by atoms with Gasteiger partial charge in [0, 0.05) is 19.6 Å². The molecule has 3 saturated carbocycles. The molecular formula is C28H55ClO2. The second-order valence-electron chi connectivity index (χ2n) is 10.5. The first-order valence-electron chi connectivity index (χ1n) is 13.6. The molecule has 0 aliphatic heterocycles. The maximum Gasteiger partial charge on any atom is 0.0631 e. The van der Waals surface area contributed by atoms with Crippen LogP contribution in [-0.2, 0) is 4.74 Å². The normalized spacial score (nSPS) is 38.8. The van der Waals surface area contributed by atoms with Gasteiger partial charge in [0.25, 0.3) is 0 Å². The molecule has 0 aromatic rings. The van der Waals surface area contributed by atoms with Gasteiger partial charge in [-0.3, -0.25) is 0 Å². The SMILES string of the molecule is CC.CCC1CCC2C(CCC3(C)C(OCCCCCCO)CCC23)C1(C)CC.CCl. The summed E-state index contributed by atoms with van der Waals surface area (Å²) >= 11 is 4.64. The van der Waals surface area contributed by atoms with E-state index in [0.29, 0.717) is 23.5 Å². The van der Waals surface area contributed by atoms with E-state index in [4.69, 9.17) is 9.84 Å². The molecule has 1 N–H and O–H groups in total. The van der Waals surface area contributed by atoms with Gasteiger partial charge in [-0.05, 0) is 85.9 Å². The zero-order chi connectivity index (χ0) is 23.5. The van der Waals surface area contributed by atoms with Crippen LogP contribution in [0.15, 0.2) is 0 Å². The molecule has 0 amide bonds. The Morgan fingerprint density at radius 3 is 2.16 bits per heavy atom. The van der Waals surface area contributed by atoms with Crippen molar-refractivity contribution in [1.82, 2.24) is 0 Å². The van der Waals surface area contributed by atoms with Gasteiger partial charge in [-0.25, -0.2) is 0 Å². The molecule has 31 heavy (non-hydrogen) atoms. The highest BCUT2D eigenvalue weighted by Crippen LogP contribution is 2.65. The first-order chi connectivity index (χ1) is 15.0. The lowest BCUT2D eigenvalue weighted by Crippen LogP contribution is -2.52.